The van der Waals surface area contributed by atoms with Crippen LogP contribution in [0, 0.1) is 10.1 Å². The Balaban J connectivity index is 2.39. The van der Waals surface area contributed by atoms with Gasteiger partial charge in [-0.05, 0) is 18.1 Å². The van der Waals surface area contributed by atoms with E-state index < -0.39 is 22.1 Å². The van der Waals surface area contributed by atoms with Crippen LogP contribution < -0.4 is 5.32 Å². The van der Waals surface area contributed by atoms with Gasteiger partial charge in [-0.25, -0.2) is 9.78 Å². The Labute approximate surface area is 120 Å². The van der Waals surface area contributed by atoms with E-state index in [0.29, 0.717) is 0 Å². The van der Waals surface area contributed by atoms with Gasteiger partial charge in [-0.1, -0.05) is 25.1 Å². The Kier molecular flexibility index (Phi) is 4.13. The fourth-order valence-electron chi connectivity index (χ4n) is 1.92. The largest absolute Gasteiger partial charge is 0.477 e. The highest BCUT2D eigenvalue weighted by Crippen LogP contribution is 2.24. The summed E-state index contributed by atoms with van der Waals surface area (Å²) in [6.45, 7) is 1.99. The van der Waals surface area contributed by atoms with Gasteiger partial charge in [0.15, 0.2) is 0 Å². The van der Waals surface area contributed by atoms with Crippen molar-refractivity contribution in [3.8, 4) is 0 Å². The number of rotatable bonds is 5. The molecule has 0 spiro atoms. The minimum Gasteiger partial charge on any atom is -0.477 e. The van der Waals surface area contributed by atoms with Gasteiger partial charge in [-0.15, -0.1) is 0 Å². The zero-order valence-corrected chi connectivity index (χ0v) is 11.2. The Morgan fingerprint density at radius 1 is 1.43 bits per heavy atom. The van der Waals surface area contributed by atoms with Gasteiger partial charge in [0, 0.05) is 11.8 Å². The van der Waals surface area contributed by atoms with Crippen LogP contribution in [0.5, 0.6) is 0 Å². The number of hydrogen-bond acceptors (Lipinski definition) is 5. The first-order valence-electron chi connectivity index (χ1n) is 6.25. The molecule has 0 atom stereocenters. The normalized spacial score (nSPS) is 10.1. The van der Waals surface area contributed by atoms with Crippen LogP contribution in [0.1, 0.15) is 22.8 Å². The van der Waals surface area contributed by atoms with Gasteiger partial charge in [0.1, 0.15) is 17.6 Å². The van der Waals surface area contributed by atoms with Gasteiger partial charge in [-0.3, -0.25) is 10.1 Å². The molecule has 108 valence electrons. The topological polar surface area (TPSA) is 105 Å². The van der Waals surface area contributed by atoms with E-state index in [1.165, 1.54) is 0 Å². The first kappa shape index (κ1) is 14.4. The average Bonchev–Trinajstić information content (AvgIpc) is 2.47. The molecule has 21 heavy (non-hydrogen) atoms. The molecule has 2 aromatic rings. The first-order chi connectivity index (χ1) is 10.0. The van der Waals surface area contributed by atoms with Crippen LogP contribution in [0.3, 0.4) is 0 Å². The number of carboxylic acid groups (broad SMARTS) is 1. The van der Waals surface area contributed by atoms with E-state index in [9.17, 15) is 14.9 Å². The molecule has 1 aromatic carbocycles. The number of aromatic carboxylic acids is 1. The fourth-order valence-corrected chi connectivity index (χ4v) is 1.92. The van der Waals surface area contributed by atoms with Gasteiger partial charge in [0.25, 0.3) is 0 Å². The molecule has 2 rings (SSSR count). The van der Waals surface area contributed by atoms with Crippen LogP contribution in [-0.2, 0) is 6.42 Å². The molecular weight excluding hydrogens is 274 g/mol. The molecule has 2 N–H and O–H groups in total. The van der Waals surface area contributed by atoms with Crippen molar-refractivity contribution >= 4 is 23.2 Å². The quantitative estimate of drug-likeness (QED) is 0.647. The van der Waals surface area contributed by atoms with Crippen LogP contribution in [0.15, 0.2) is 36.5 Å². The van der Waals surface area contributed by atoms with Crippen LogP contribution >= 0.6 is 0 Å². The molecule has 0 aliphatic rings. The highest BCUT2D eigenvalue weighted by molar-refractivity contribution is 5.93. The number of carbonyl (C=O) groups is 1. The average molecular weight is 287 g/mol. The monoisotopic (exact) mass is 287 g/mol. The summed E-state index contributed by atoms with van der Waals surface area (Å²) in [5, 5.41) is 22.8. The van der Waals surface area contributed by atoms with Crippen molar-refractivity contribution in [2.24, 2.45) is 0 Å². The van der Waals surface area contributed by atoms with Crippen molar-refractivity contribution in [2.75, 3.05) is 5.32 Å². The summed E-state index contributed by atoms with van der Waals surface area (Å²) >= 11 is 0. The molecule has 7 heteroatoms. The third kappa shape index (κ3) is 3.14. The van der Waals surface area contributed by atoms with Gasteiger partial charge in [0.2, 0.25) is 0 Å². The highest BCUT2D eigenvalue weighted by atomic mass is 16.6. The van der Waals surface area contributed by atoms with E-state index in [0.717, 1.165) is 29.9 Å². The number of nitrogens with one attached hydrogen (secondary N) is 1. The lowest BCUT2D eigenvalue weighted by molar-refractivity contribution is -0.385. The van der Waals surface area contributed by atoms with E-state index in [1.807, 2.05) is 31.2 Å². The smallest absolute Gasteiger partial charge is 0.342 e. The standard InChI is InChI=1S/C14H13N3O4/c1-2-9-5-3-4-6-11(9)16-13-7-10(14(18)19)12(8-15-13)17(20)21/h3-8H,2H2,1H3,(H,15,16)(H,18,19). The van der Waals surface area contributed by atoms with Gasteiger partial charge < -0.3 is 10.4 Å². The van der Waals surface area contributed by atoms with E-state index >= 15 is 0 Å². The third-order valence-corrected chi connectivity index (χ3v) is 2.97. The molecular formula is C14H13N3O4. The molecule has 1 aromatic heterocycles. The van der Waals surface area contributed by atoms with Crippen molar-refractivity contribution in [3.05, 3.63) is 57.8 Å². The summed E-state index contributed by atoms with van der Waals surface area (Å²) in [6.07, 6.45) is 1.74. The number of hydrogen-bond donors (Lipinski definition) is 2. The zero-order chi connectivity index (χ0) is 15.4. The number of pyridine rings is 1. The molecule has 0 aliphatic carbocycles. The molecule has 0 saturated carbocycles. The summed E-state index contributed by atoms with van der Waals surface area (Å²) in [5.41, 5.74) is 0.899. The van der Waals surface area contributed by atoms with Crippen LogP contribution in [0.4, 0.5) is 17.2 Å². The molecule has 7 nitrogen and oxygen atoms in total. The summed E-state index contributed by atoms with van der Waals surface area (Å²) < 4.78 is 0. The second-order valence-corrected chi connectivity index (χ2v) is 4.28. The molecule has 1 heterocycles. The lowest BCUT2D eigenvalue weighted by Crippen LogP contribution is -2.05. The second kappa shape index (κ2) is 6.00. The Hall–Kier alpha value is -2.96. The summed E-state index contributed by atoms with van der Waals surface area (Å²) in [7, 11) is 0. The third-order valence-electron chi connectivity index (χ3n) is 2.97. The highest BCUT2D eigenvalue weighted by Gasteiger charge is 2.21. The van der Waals surface area contributed by atoms with Crippen molar-refractivity contribution in [1.82, 2.24) is 4.98 Å². The Morgan fingerprint density at radius 3 is 2.76 bits per heavy atom. The Morgan fingerprint density at radius 2 is 2.14 bits per heavy atom. The van der Waals surface area contributed by atoms with Gasteiger partial charge in [-0.2, -0.15) is 0 Å². The van der Waals surface area contributed by atoms with E-state index in [2.05, 4.69) is 10.3 Å². The van der Waals surface area contributed by atoms with E-state index in [-0.39, 0.29) is 5.82 Å². The molecule has 0 saturated heterocycles. The van der Waals surface area contributed by atoms with E-state index in [1.54, 1.807) is 0 Å². The molecule has 0 fully saturated rings. The Bertz CT molecular complexity index is 700. The molecule has 0 aliphatic heterocycles. The SMILES string of the molecule is CCc1ccccc1Nc1cc(C(=O)O)c([N+](=O)[O-])cn1. The van der Waals surface area contributed by atoms with E-state index in [4.69, 9.17) is 5.11 Å². The zero-order valence-electron chi connectivity index (χ0n) is 11.2. The number of nitro groups is 1. The molecule has 0 amide bonds. The van der Waals surface area contributed by atoms with Crippen LogP contribution in [-0.4, -0.2) is 21.0 Å². The number of carboxylic acids is 1. The maximum Gasteiger partial charge on any atom is 0.342 e. The predicted octanol–water partition coefficient (Wildman–Crippen LogP) is 2.99. The van der Waals surface area contributed by atoms with Gasteiger partial charge in [0.05, 0.1) is 4.92 Å². The van der Waals surface area contributed by atoms with Crippen molar-refractivity contribution in [3.63, 3.8) is 0 Å². The van der Waals surface area contributed by atoms with Crippen molar-refractivity contribution in [1.29, 1.82) is 0 Å². The minimum atomic E-state index is -1.36. The summed E-state index contributed by atoms with van der Waals surface area (Å²) in [4.78, 5) is 25.0. The minimum absolute atomic E-state index is 0.249. The first-order valence-corrected chi connectivity index (χ1v) is 6.25. The number of para-hydroxylation sites is 1. The maximum absolute atomic E-state index is 11.1. The molecule has 0 radical (unpaired) electrons. The summed E-state index contributed by atoms with van der Waals surface area (Å²) in [5.74, 6) is -1.12. The predicted molar refractivity (Wildman–Crippen MR) is 77.0 cm³/mol. The molecule has 0 unspecified atom stereocenters. The van der Waals surface area contributed by atoms with Crippen LogP contribution in [0.2, 0.25) is 0 Å². The van der Waals surface area contributed by atoms with Crippen LogP contribution in [0.25, 0.3) is 0 Å². The second-order valence-electron chi connectivity index (χ2n) is 4.28. The van der Waals surface area contributed by atoms with Crippen molar-refractivity contribution < 1.29 is 14.8 Å². The maximum atomic E-state index is 11.1. The number of nitrogens with zero attached hydrogens (tertiary/aromatic N) is 2. The fraction of sp³-hybridized carbons (Fsp3) is 0.143. The number of anilines is 2. The number of aromatic nitrogens is 1. The number of benzene rings is 1. The lowest BCUT2D eigenvalue weighted by Gasteiger charge is -2.10. The molecule has 0 bridgehead atoms. The van der Waals surface area contributed by atoms with Gasteiger partial charge >= 0.3 is 11.7 Å². The number of aryl methyl sites for hydroxylation is 1. The summed E-state index contributed by atoms with van der Waals surface area (Å²) in [6, 6.07) is 8.67. The van der Waals surface area contributed by atoms with Crippen molar-refractivity contribution in [2.45, 2.75) is 13.3 Å². The lowest BCUT2D eigenvalue weighted by atomic mass is 10.1.